The molecule has 1 aromatic rings. The van der Waals surface area contributed by atoms with E-state index in [9.17, 15) is 13.2 Å². The van der Waals surface area contributed by atoms with Crippen molar-refractivity contribution in [2.24, 2.45) is 0 Å². The maximum absolute atomic E-state index is 11.8. The van der Waals surface area contributed by atoms with Crippen LogP contribution in [0.5, 0.6) is 0 Å². The summed E-state index contributed by atoms with van der Waals surface area (Å²) in [4.78, 5) is 18.3. The Bertz CT molecular complexity index is 627. The average molecular weight is 327 g/mol. The highest BCUT2D eigenvalue weighted by Gasteiger charge is 2.23. The molecule has 0 saturated carbocycles. The van der Waals surface area contributed by atoms with Crippen molar-refractivity contribution in [1.82, 2.24) is 10.3 Å². The van der Waals surface area contributed by atoms with Gasteiger partial charge in [-0.15, -0.1) is 0 Å². The van der Waals surface area contributed by atoms with E-state index in [-0.39, 0.29) is 6.54 Å². The van der Waals surface area contributed by atoms with Gasteiger partial charge < -0.3 is 15.0 Å². The largest absolute Gasteiger partial charge is 0.378 e. The number of ether oxygens (including phenoxy) is 1. The predicted octanol–water partition coefficient (Wildman–Crippen LogP) is -0.0325. The van der Waals surface area contributed by atoms with Crippen LogP contribution in [0.4, 0.5) is 5.82 Å². The number of rotatable bonds is 5. The van der Waals surface area contributed by atoms with Crippen molar-refractivity contribution in [3.63, 3.8) is 0 Å². The average Bonchev–Trinajstić information content (AvgIpc) is 2.52. The van der Waals surface area contributed by atoms with Gasteiger partial charge >= 0.3 is 0 Å². The van der Waals surface area contributed by atoms with Gasteiger partial charge in [-0.05, 0) is 24.6 Å². The van der Waals surface area contributed by atoms with E-state index in [2.05, 4.69) is 15.2 Å². The van der Waals surface area contributed by atoms with Gasteiger partial charge in [0.2, 0.25) is 5.91 Å². The lowest BCUT2D eigenvalue weighted by atomic mass is 10.2. The molecule has 1 atom stereocenters. The lowest BCUT2D eigenvalue weighted by Gasteiger charge is -2.28. The number of sulfone groups is 1. The first-order chi connectivity index (χ1) is 10.4. The number of carbonyl (C=O) groups excluding carboxylic acids is 1. The Balaban J connectivity index is 1.97. The minimum atomic E-state index is -3.38. The Morgan fingerprint density at radius 3 is 2.77 bits per heavy atom. The summed E-state index contributed by atoms with van der Waals surface area (Å²) >= 11 is 0. The van der Waals surface area contributed by atoms with E-state index in [4.69, 9.17) is 4.74 Å². The summed E-state index contributed by atoms with van der Waals surface area (Å²) in [5.41, 5.74) is 0.880. The van der Waals surface area contributed by atoms with Crippen molar-refractivity contribution in [3.05, 3.63) is 23.9 Å². The number of hydrogen-bond acceptors (Lipinski definition) is 6. The van der Waals surface area contributed by atoms with Crippen molar-refractivity contribution < 1.29 is 17.9 Å². The second-order valence-electron chi connectivity index (χ2n) is 5.31. The first-order valence-corrected chi connectivity index (χ1v) is 9.07. The van der Waals surface area contributed by atoms with Gasteiger partial charge in [0.05, 0.1) is 13.2 Å². The molecule has 8 heteroatoms. The molecule has 0 aromatic carbocycles. The Labute approximate surface area is 130 Å². The standard InChI is InChI=1S/C14H21N3O4S/c1-11(22(2,19)20)14(18)16-10-12-3-4-15-13(9-12)17-5-7-21-8-6-17/h3-4,9,11H,5-8,10H2,1-2H3,(H,16,18)/t11-/m0/s1. The van der Waals surface area contributed by atoms with Gasteiger partial charge in [-0.25, -0.2) is 13.4 Å². The summed E-state index contributed by atoms with van der Waals surface area (Å²) in [6.07, 6.45) is 2.74. The molecule has 2 heterocycles. The molecule has 1 aromatic heterocycles. The molecule has 1 amide bonds. The van der Waals surface area contributed by atoms with E-state index in [0.717, 1.165) is 30.7 Å². The van der Waals surface area contributed by atoms with Gasteiger partial charge in [-0.1, -0.05) is 0 Å². The fourth-order valence-electron chi connectivity index (χ4n) is 2.06. The van der Waals surface area contributed by atoms with E-state index in [1.54, 1.807) is 12.3 Å². The zero-order valence-corrected chi connectivity index (χ0v) is 13.6. The van der Waals surface area contributed by atoms with E-state index in [0.29, 0.717) is 13.2 Å². The molecule has 0 spiro atoms. The number of pyridine rings is 1. The first-order valence-electron chi connectivity index (χ1n) is 7.12. The van der Waals surface area contributed by atoms with Crippen LogP contribution in [0.1, 0.15) is 12.5 Å². The number of morpholine rings is 1. The monoisotopic (exact) mass is 327 g/mol. The Morgan fingerprint density at radius 1 is 1.45 bits per heavy atom. The van der Waals surface area contributed by atoms with Crippen LogP contribution in [0.2, 0.25) is 0 Å². The molecule has 7 nitrogen and oxygen atoms in total. The Kier molecular flexibility index (Phi) is 5.36. The van der Waals surface area contributed by atoms with Crippen molar-refractivity contribution in [3.8, 4) is 0 Å². The van der Waals surface area contributed by atoms with E-state index in [1.807, 2.05) is 6.07 Å². The third-order valence-electron chi connectivity index (χ3n) is 3.62. The summed E-state index contributed by atoms with van der Waals surface area (Å²) in [6.45, 7) is 4.58. The molecular weight excluding hydrogens is 306 g/mol. The van der Waals surface area contributed by atoms with Crippen LogP contribution in [0, 0.1) is 0 Å². The molecule has 2 rings (SSSR count). The SMILES string of the molecule is C[C@@H](C(=O)NCc1ccnc(N2CCOCC2)c1)S(C)(=O)=O. The van der Waals surface area contributed by atoms with Gasteiger partial charge in [-0.2, -0.15) is 0 Å². The topological polar surface area (TPSA) is 88.6 Å². The number of hydrogen-bond donors (Lipinski definition) is 1. The lowest BCUT2D eigenvalue weighted by Crippen LogP contribution is -2.37. The van der Waals surface area contributed by atoms with Gasteiger partial charge in [-0.3, -0.25) is 4.79 Å². The highest BCUT2D eigenvalue weighted by Crippen LogP contribution is 2.14. The molecular formula is C14H21N3O4S. The van der Waals surface area contributed by atoms with Crippen LogP contribution in [0.15, 0.2) is 18.3 Å². The fourth-order valence-corrected chi connectivity index (χ4v) is 2.54. The summed E-state index contributed by atoms with van der Waals surface area (Å²) in [5, 5.41) is 1.60. The van der Waals surface area contributed by atoms with Gasteiger partial charge in [0.25, 0.3) is 0 Å². The van der Waals surface area contributed by atoms with Gasteiger partial charge in [0.1, 0.15) is 11.1 Å². The van der Waals surface area contributed by atoms with Crippen molar-refractivity contribution in [2.75, 3.05) is 37.5 Å². The molecule has 0 radical (unpaired) electrons. The zero-order chi connectivity index (χ0) is 16.2. The smallest absolute Gasteiger partial charge is 0.238 e. The third kappa shape index (κ3) is 4.41. The molecule has 1 N–H and O–H groups in total. The molecule has 122 valence electrons. The van der Waals surface area contributed by atoms with Crippen LogP contribution < -0.4 is 10.2 Å². The minimum Gasteiger partial charge on any atom is -0.378 e. The Hall–Kier alpha value is -1.67. The van der Waals surface area contributed by atoms with Gasteiger partial charge in [0, 0.05) is 32.1 Å². The predicted molar refractivity (Wildman–Crippen MR) is 83.4 cm³/mol. The fraction of sp³-hybridized carbons (Fsp3) is 0.571. The maximum Gasteiger partial charge on any atom is 0.238 e. The quantitative estimate of drug-likeness (QED) is 0.817. The molecule has 1 aliphatic rings. The Morgan fingerprint density at radius 2 is 2.14 bits per heavy atom. The summed E-state index contributed by atoms with van der Waals surface area (Å²) in [7, 11) is -3.38. The number of aromatic nitrogens is 1. The van der Waals surface area contributed by atoms with Gasteiger partial charge in [0.15, 0.2) is 9.84 Å². The van der Waals surface area contributed by atoms with Crippen molar-refractivity contribution in [1.29, 1.82) is 0 Å². The van der Waals surface area contributed by atoms with Crippen molar-refractivity contribution >= 4 is 21.6 Å². The van der Waals surface area contributed by atoms with Crippen molar-refractivity contribution in [2.45, 2.75) is 18.7 Å². The summed E-state index contributed by atoms with van der Waals surface area (Å²) < 4.78 is 28.0. The second kappa shape index (κ2) is 7.06. The molecule has 0 unspecified atom stereocenters. The summed E-state index contributed by atoms with van der Waals surface area (Å²) in [5.74, 6) is 0.346. The number of carbonyl (C=O) groups is 1. The first kappa shape index (κ1) is 16.7. The zero-order valence-electron chi connectivity index (χ0n) is 12.8. The van der Waals surface area contributed by atoms with Crippen LogP contribution in [-0.4, -0.2) is 57.1 Å². The van der Waals surface area contributed by atoms with Crippen LogP contribution in [0.25, 0.3) is 0 Å². The molecule has 0 bridgehead atoms. The normalized spacial score (nSPS) is 17.1. The van der Waals surface area contributed by atoms with Crippen LogP contribution in [0.3, 0.4) is 0 Å². The number of nitrogens with one attached hydrogen (secondary N) is 1. The second-order valence-corrected chi connectivity index (χ2v) is 7.68. The molecule has 1 aliphatic heterocycles. The highest BCUT2D eigenvalue weighted by molar-refractivity contribution is 7.92. The molecule has 1 saturated heterocycles. The minimum absolute atomic E-state index is 0.276. The molecule has 1 fully saturated rings. The van der Waals surface area contributed by atoms with E-state index >= 15 is 0 Å². The number of anilines is 1. The maximum atomic E-state index is 11.8. The number of amides is 1. The third-order valence-corrected chi connectivity index (χ3v) is 5.12. The highest BCUT2D eigenvalue weighted by atomic mass is 32.2. The molecule has 0 aliphatic carbocycles. The summed E-state index contributed by atoms with van der Waals surface area (Å²) in [6, 6.07) is 3.70. The van der Waals surface area contributed by atoms with E-state index in [1.165, 1.54) is 6.92 Å². The molecule has 22 heavy (non-hydrogen) atoms. The van der Waals surface area contributed by atoms with Crippen LogP contribution in [-0.2, 0) is 25.9 Å². The van der Waals surface area contributed by atoms with Crippen LogP contribution >= 0.6 is 0 Å². The number of nitrogens with zero attached hydrogens (tertiary/aromatic N) is 2. The lowest BCUT2D eigenvalue weighted by molar-refractivity contribution is -0.120. The van der Waals surface area contributed by atoms with E-state index < -0.39 is 21.0 Å².